The third kappa shape index (κ3) is 5.73. The minimum absolute atomic E-state index is 0.0709. The van der Waals surface area contributed by atoms with E-state index in [4.69, 9.17) is 27.9 Å². The molecular weight excluding hydrogens is 493 g/mol. The first kappa shape index (κ1) is 26.9. The minimum atomic E-state index is -0.997. The zero-order valence-electron chi connectivity index (χ0n) is 21.2. The smallest absolute Gasteiger partial charge is 0.237 e. The number of nitriles is 1. The SMILES string of the molecule is CC(C)(C)C[C@@H]1N[C@@H](C(=O)NCC2CCOCC2)[C@H](c2cccc(Cl)c2)[C@@]1(C#N)c1ccc(Cl)cc1. The van der Waals surface area contributed by atoms with Crippen molar-refractivity contribution in [3.63, 3.8) is 0 Å². The van der Waals surface area contributed by atoms with Gasteiger partial charge in [0.25, 0.3) is 0 Å². The summed E-state index contributed by atoms with van der Waals surface area (Å²) in [5.41, 5.74) is 0.650. The predicted octanol–water partition coefficient (Wildman–Crippen LogP) is 5.86. The Kier molecular flexibility index (Phi) is 8.32. The molecule has 0 saturated carbocycles. The van der Waals surface area contributed by atoms with Crippen LogP contribution in [0.5, 0.6) is 0 Å². The highest BCUT2D eigenvalue weighted by molar-refractivity contribution is 6.30. The summed E-state index contributed by atoms with van der Waals surface area (Å²) in [6.07, 6.45) is 2.59. The third-order valence-electron chi connectivity index (χ3n) is 7.47. The average molecular weight is 529 g/mol. The van der Waals surface area contributed by atoms with Crippen molar-refractivity contribution in [3.8, 4) is 6.07 Å². The van der Waals surface area contributed by atoms with Gasteiger partial charge in [0.1, 0.15) is 5.41 Å². The van der Waals surface area contributed by atoms with E-state index in [0.717, 1.165) is 37.2 Å². The van der Waals surface area contributed by atoms with Gasteiger partial charge in [-0.05, 0) is 66.0 Å². The maximum absolute atomic E-state index is 13.8. The summed E-state index contributed by atoms with van der Waals surface area (Å²) in [5, 5.41) is 18.9. The van der Waals surface area contributed by atoms with Crippen LogP contribution in [0.3, 0.4) is 0 Å². The van der Waals surface area contributed by atoms with Crippen LogP contribution in [0.15, 0.2) is 48.5 Å². The second kappa shape index (κ2) is 11.1. The van der Waals surface area contributed by atoms with E-state index in [9.17, 15) is 10.1 Å². The largest absolute Gasteiger partial charge is 0.381 e. The lowest BCUT2D eigenvalue weighted by atomic mass is 9.63. The van der Waals surface area contributed by atoms with Gasteiger partial charge in [-0.2, -0.15) is 5.26 Å². The molecule has 0 unspecified atom stereocenters. The van der Waals surface area contributed by atoms with Crippen LogP contribution in [0.25, 0.3) is 0 Å². The monoisotopic (exact) mass is 527 g/mol. The Labute approximate surface area is 224 Å². The first-order valence-corrected chi connectivity index (χ1v) is 13.4. The molecule has 0 bridgehead atoms. The number of ether oxygens (including phenoxy) is 1. The summed E-state index contributed by atoms with van der Waals surface area (Å²) < 4.78 is 5.47. The molecule has 2 aromatic carbocycles. The van der Waals surface area contributed by atoms with Gasteiger partial charge in [0, 0.05) is 41.8 Å². The molecule has 0 spiro atoms. The molecule has 0 aliphatic carbocycles. The molecule has 36 heavy (non-hydrogen) atoms. The van der Waals surface area contributed by atoms with Gasteiger partial charge in [-0.3, -0.25) is 4.79 Å². The number of nitrogens with one attached hydrogen (secondary N) is 2. The van der Waals surface area contributed by atoms with Crippen LogP contribution in [-0.4, -0.2) is 37.7 Å². The Morgan fingerprint density at radius 1 is 1.14 bits per heavy atom. The Morgan fingerprint density at radius 2 is 1.83 bits per heavy atom. The normalized spacial score (nSPS) is 26.9. The van der Waals surface area contributed by atoms with Gasteiger partial charge in [-0.15, -0.1) is 0 Å². The van der Waals surface area contributed by atoms with Crippen LogP contribution in [0, 0.1) is 22.7 Å². The zero-order chi connectivity index (χ0) is 25.9. The molecule has 0 radical (unpaired) electrons. The van der Waals surface area contributed by atoms with Crippen molar-refractivity contribution < 1.29 is 9.53 Å². The number of hydrogen-bond acceptors (Lipinski definition) is 4. The highest BCUT2D eigenvalue weighted by atomic mass is 35.5. The minimum Gasteiger partial charge on any atom is -0.381 e. The third-order valence-corrected chi connectivity index (χ3v) is 7.96. The fourth-order valence-corrected chi connectivity index (χ4v) is 6.09. The van der Waals surface area contributed by atoms with Crippen LogP contribution < -0.4 is 10.6 Å². The molecule has 2 heterocycles. The fourth-order valence-electron chi connectivity index (χ4n) is 5.76. The topological polar surface area (TPSA) is 74.2 Å². The van der Waals surface area contributed by atoms with Gasteiger partial charge in [-0.25, -0.2) is 0 Å². The van der Waals surface area contributed by atoms with E-state index in [-0.39, 0.29) is 17.4 Å². The van der Waals surface area contributed by atoms with Gasteiger partial charge >= 0.3 is 0 Å². The Morgan fingerprint density at radius 3 is 2.44 bits per heavy atom. The summed E-state index contributed by atoms with van der Waals surface area (Å²) in [4.78, 5) is 13.8. The number of carbonyl (C=O) groups is 1. The predicted molar refractivity (Wildman–Crippen MR) is 144 cm³/mol. The number of hydrogen-bond donors (Lipinski definition) is 2. The van der Waals surface area contributed by atoms with Crippen molar-refractivity contribution in [2.75, 3.05) is 19.8 Å². The van der Waals surface area contributed by atoms with Gasteiger partial charge in [-0.1, -0.05) is 68.2 Å². The van der Waals surface area contributed by atoms with Crippen LogP contribution >= 0.6 is 23.2 Å². The molecule has 1 amide bonds. The first-order valence-electron chi connectivity index (χ1n) is 12.7. The molecule has 2 aliphatic heterocycles. The summed E-state index contributed by atoms with van der Waals surface area (Å²) in [5.74, 6) is -0.128. The summed E-state index contributed by atoms with van der Waals surface area (Å²) in [6.45, 7) is 8.54. The number of halogens is 2. The second-order valence-corrected chi connectivity index (χ2v) is 12.2. The summed E-state index contributed by atoms with van der Waals surface area (Å²) in [6, 6.07) is 16.9. The second-order valence-electron chi connectivity index (χ2n) is 11.3. The van der Waals surface area contributed by atoms with Crippen molar-refractivity contribution in [2.24, 2.45) is 11.3 Å². The molecule has 4 atom stereocenters. The van der Waals surface area contributed by atoms with Crippen molar-refractivity contribution >= 4 is 29.1 Å². The molecule has 2 aromatic rings. The van der Waals surface area contributed by atoms with Gasteiger partial charge < -0.3 is 15.4 Å². The zero-order valence-corrected chi connectivity index (χ0v) is 22.7. The standard InChI is InChI=1S/C29H35Cl2N3O2/c1-28(2,3)16-24-29(18-32,21-7-9-22(30)10-8-21)25(20-5-4-6-23(31)15-20)26(34-24)27(35)33-17-19-11-13-36-14-12-19/h4-10,15,19,24-26,34H,11-14,16-17H2,1-3H3,(H,33,35)/t24-,25-,26+,29-/m0/s1. The molecule has 4 rings (SSSR count). The van der Waals surface area contributed by atoms with E-state index in [0.29, 0.717) is 28.9 Å². The van der Waals surface area contributed by atoms with Crippen LogP contribution in [-0.2, 0) is 14.9 Å². The van der Waals surface area contributed by atoms with Crippen LogP contribution in [0.2, 0.25) is 10.0 Å². The quantitative estimate of drug-likeness (QED) is 0.493. The highest BCUT2D eigenvalue weighted by Gasteiger charge is 2.59. The molecular formula is C29H35Cl2N3O2. The maximum Gasteiger partial charge on any atom is 0.237 e. The molecule has 2 fully saturated rings. The van der Waals surface area contributed by atoms with Gasteiger partial charge in [0.05, 0.1) is 12.1 Å². The van der Waals surface area contributed by atoms with Crippen LogP contribution in [0.4, 0.5) is 0 Å². The number of amides is 1. The molecule has 192 valence electrons. The molecule has 5 nitrogen and oxygen atoms in total. The van der Waals surface area contributed by atoms with Crippen molar-refractivity contribution in [3.05, 3.63) is 69.7 Å². The summed E-state index contributed by atoms with van der Waals surface area (Å²) in [7, 11) is 0. The van der Waals surface area contributed by atoms with Crippen molar-refractivity contribution in [1.29, 1.82) is 5.26 Å². The van der Waals surface area contributed by atoms with E-state index in [2.05, 4.69) is 37.5 Å². The fraction of sp³-hybridized carbons (Fsp3) is 0.517. The maximum atomic E-state index is 13.8. The average Bonchev–Trinajstić information content (AvgIpc) is 3.17. The lowest BCUT2D eigenvalue weighted by Gasteiger charge is -2.37. The first-order chi connectivity index (χ1) is 17.1. The Hall–Kier alpha value is -2.10. The van der Waals surface area contributed by atoms with Crippen molar-refractivity contribution in [2.45, 2.75) is 63.5 Å². The number of nitrogens with zero attached hydrogens (tertiary/aromatic N) is 1. The van der Waals surface area contributed by atoms with E-state index in [1.807, 2.05) is 48.5 Å². The number of benzene rings is 2. The molecule has 2 aliphatic rings. The summed E-state index contributed by atoms with van der Waals surface area (Å²) >= 11 is 12.7. The van der Waals surface area contributed by atoms with E-state index in [1.54, 1.807) is 0 Å². The van der Waals surface area contributed by atoms with Gasteiger partial charge in [0.15, 0.2) is 0 Å². The molecule has 2 N–H and O–H groups in total. The molecule has 7 heteroatoms. The Bertz CT molecular complexity index is 1100. The number of carbonyl (C=O) groups excluding carboxylic acids is 1. The lowest BCUT2D eigenvalue weighted by Crippen LogP contribution is -2.47. The van der Waals surface area contributed by atoms with Crippen LogP contribution in [0.1, 0.15) is 57.1 Å². The van der Waals surface area contributed by atoms with Gasteiger partial charge in [0.2, 0.25) is 5.91 Å². The van der Waals surface area contributed by atoms with Crippen molar-refractivity contribution in [1.82, 2.24) is 10.6 Å². The highest BCUT2D eigenvalue weighted by Crippen LogP contribution is 2.51. The lowest BCUT2D eigenvalue weighted by molar-refractivity contribution is -0.123. The van der Waals surface area contributed by atoms with E-state index < -0.39 is 17.4 Å². The molecule has 0 aromatic heterocycles. The Balaban J connectivity index is 1.79. The number of rotatable bonds is 6. The van der Waals surface area contributed by atoms with E-state index >= 15 is 0 Å². The molecule has 2 saturated heterocycles. The van der Waals surface area contributed by atoms with E-state index in [1.165, 1.54) is 0 Å².